The van der Waals surface area contributed by atoms with Crippen LogP contribution >= 0.6 is 11.3 Å². The van der Waals surface area contributed by atoms with E-state index in [4.69, 9.17) is 4.74 Å². The molecule has 0 N–H and O–H groups in total. The Hall–Kier alpha value is -1.88. The number of rotatable bonds is 4. The lowest BCUT2D eigenvalue weighted by atomic mass is 10.0. The summed E-state index contributed by atoms with van der Waals surface area (Å²) in [5.41, 5.74) is 2.20. The first kappa shape index (κ1) is 15.0. The Labute approximate surface area is 134 Å². The molecular weight excluding hydrogens is 296 g/mol. The molecule has 116 valence electrons. The van der Waals surface area contributed by atoms with Gasteiger partial charge < -0.3 is 4.74 Å². The molecule has 1 heterocycles. The molecule has 0 unspecified atom stereocenters. The maximum atomic E-state index is 12.3. The van der Waals surface area contributed by atoms with Crippen LogP contribution in [0.4, 0.5) is 5.13 Å². The molecule has 2 aromatic rings. The summed E-state index contributed by atoms with van der Waals surface area (Å²) in [4.78, 5) is 19.9. The van der Waals surface area contributed by atoms with E-state index in [9.17, 15) is 4.79 Å². The van der Waals surface area contributed by atoms with Crippen molar-refractivity contribution in [3.63, 3.8) is 0 Å². The molecule has 3 rings (SSSR count). The highest BCUT2D eigenvalue weighted by atomic mass is 32.1. The fraction of sp³-hybridized carbons (Fsp3) is 0.412. The molecule has 0 atom stereocenters. The van der Waals surface area contributed by atoms with Gasteiger partial charge in [-0.2, -0.15) is 0 Å². The van der Waals surface area contributed by atoms with Gasteiger partial charge in [0.15, 0.2) is 11.7 Å². The number of nitrogens with zero attached hydrogens (tertiary/aromatic N) is 2. The van der Waals surface area contributed by atoms with Crippen molar-refractivity contribution in [3.8, 4) is 5.75 Å². The number of anilines is 1. The Bertz CT molecular complexity index is 658. The van der Waals surface area contributed by atoms with E-state index in [1.54, 1.807) is 23.3 Å². The van der Waals surface area contributed by atoms with Crippen molar-refractivity contribution in [1.29, 1.82) is 0 Å². The van der Waals surface area contributed by atoms with Crippen molar-refractivity contribution in [1.82, 2.24) is 4.98 Å². The number of thiazole rings is 1. The Morgan fingerprint density at radius 3 is 2.86 bits per heavy atom. The van der Waals surface area contributed by atoms with Gasteiger partial charge in [0, 0.05) is 11.9 Å². The number of hydrogen-bond donors (Lipinski definition) is 0. The minimum Gasteiger partial charge on any atom is -0.483 e. The zero-order chi connectivity index (χ0) is 15.5. The zero-order valence-corrected chi connectivity index (χ0v) is 13.8. The smallest absolute Gasteiger partial charge is 0.266 e. The fourth-order valence-corrected chi connectivity index (χ4v) is 3.67. The second kappa shape index (κ2) is 6.48. The Morgan fingerprint density at radius 2 is 2.09 bits per heavy atom. The summed E-state index contributed by atoms with van der Waals surface area (Å²) in [6.07, 6.45) is 4.55. The third kappa shape index (κ3) is 3.14. The fourth-order valence-electron chi connectivity index (χ4n) is 2.54. The number of benzene rings is 1. The van der Waals surface area contributed by atoms with E-state index in [1.165, 1.54) is 23.4 Å². The van der Waals surface area contributed by atoms with Gasteiger partial charge in [-0.05, 0) is 44.2 Å². The molecule has 1 aromatic carbocycles. The van der Waals surface area contributed by atoms with Gasteiger partial charge in [-0.25, -0.2) is 4.98 Å². The predicted octanol–water partition coefficient (Wildman–Crippen LogP) is 3.37. The van der Waals surface area contributed by atoms with E-state index in [0.717, 1.165) is 29.3 Å². The van der Waals surface area contributed by atoms with Crippen LogP contribution in [0.2, 0.25) is 0 Å². The molecule has 0 bridgehead atoms. The van der Waals surface area contributed by atoms with E-state index >= 15 is 0 Å². The second-order valence-electron chi connectivity index (χ2n) is 5.58. The summed E-state index contributed by atoms with van der Waals surface area (Å²) < 4.78 is 5.63. The number of aryl methyl sites for hydroxylation is 3. The van der Waals surface area contributed by atoms with Crippen molar-refractivity contribution in [2.24, 2.45) is 0 Å². The number of likely N-dealkylation sites (N-methyl/N-ethyl adjacent to an activating group) is 1. The molecule has 1 aliphatic rings. The number of para-hydroxylation sites is 1. The molecule has 1 aliphatic carbocycles. The molecule has 0 saturated carbocycles. The quantitative estimate of drug-likeness (QED) is 0.868. The minimum atomic E-state index is -0.0747. The van der Waals surface area contributed by atoms with E-state index in [-0.39, 0.29) is 12.5 Å². The Morgan fingerprint density at radius 1 is 1.32 bits per heavy atom. The molecule has 22 heavy (non-hydrogen) atoms. The highest BCUT2D eigenvalue weighted by molar-refractivity contribution is 7.15. The second-order valence-corrected chi connectivity index (χ2v) is 6.64. The average molecular weight is 316 g/mol. The van der Waals surface area contributed by atoms with Gasteiger partial charge in [-0.15, -0.1) is 11.3 Å². The summed E-state index contributed by atoms with van der Waals surface area (Å²) in [5, 5.41) is 0.783. The first-order chi connectivity index (χ1) is 10.6. The first-order valence-corrected chi connectivity index (χ1v) is 8.40. The maximum absolute atomic E-state index is 12.3. The number of ether oxygens (including phenoxy) is 1. The Balaban J connectivity index is 1.64. The van der Waals surface area contributed by atoms with E-state index in [0.29, 0.717) is 0 Å². The zero-order valence-electron chi connectivity index (χ0n) is 13.0. The number of carbonyl (C=O) groups is 1. The molecule has 1 amide bonds. The van der Waals surface area contributed by atoms with Crippen LogP contribution in [0.15, 0.2) is 24.3 Å². The molecule has 1 aromatic heterocycles. The van der Waals surface area contributed by atoms with Crippen LogP contribution < -0.4 is 9.64 Å². The van der Waals surface area contributed by atoms with E-state index < -0.39 is 0 Å². The highest BCUT2D eigenvalue weighted by Gasteiger charge is 2.20. The molecule has 0 radical (unpaired) electrons. The summed E-state index contributed by atoms with van der Waals surface area (Å²) in [6, 6.07) is 7.71. The van der Waals surface area contributed by atoms with Crippen LogP contribution in [0.3, 0.4) is 0 Å². The molecule has 5 heteroatoms. The van der Waals surface area contributed by atoms with Gasteiger partial charge in [0.25, 0.3) is 5.91 Å². The van der Waals surface area contributed by atoms with Gasteiger partial charge in [0.2, 0.25) is 0 Å². The SMILES string of the molecule is Cc1ccccc1OCC(=O)N(C)c1nc2c(s1)CCCC2. The summed E-state index contributed by atoms with van der Waals surface area (Å²) in [5.74, 6) is 0.678. The van der Waals surface area contributed by atoms with Crippen LogP contribution in [0.5, 0.6) is 5.75 Å². The standard InChI is InChI=1S/C17H20N2O2S/c1-12-7-3-5-9-14(12)21-11-16(20)19(2)17-18-13-8-4-6-10-15(13)22-17/h3,5,7,9H,4,6,8,10-11H2,1-2H3. The minimum absolute atomic E-state index is 0.0333. The van der Waals surface area contributed by atoms with Gasteiger partial charge in [0.05, 0.1) is 5.69 Å². The molecule has 0 saturated heterocycles. The third-order valence-corrected chi connectivity index (χ3v) is 5.17. The molecular formula is C17H20N2O2S. The monoisotopic (exact) mass is 316 g/mol. The van der Waals surface area contributed by atoms with Crippen LogP contribution in [0, 0.1) is 6.92 Å². The number of carbonyl (C=O) groups excluding carboxylic acids is 1. The summed E-state index contributed by atoms with van der Waals surface area (Å²) >= 11 is 1.64. The number of fused-ring (bicyclic) bond motifs is 1. The van der Waals surface area contributed by atoms with Crippen molar-refractivity contribution in [3.05, 3.63) is 40.4 Å². The molecule has 0 fully saturated rings. The molecule has 4 nitrogen and oxygen atoms in total. The lowest BCUT2D eigenvalue weighted by Crippen LogP contribution is -2.31. The van der Waals surface area contributed by atoms with Crippen LogP contribution in [-0.2, 0) is 17.6 Å². The Kier molecular flexibility index (Phi) is 4.43. The van der Waals surface area contributed by atoms with Crippen LogP contribution in [0.1, 0.15) is 29.0 Å². The predicted molar refractivity (Wildman–Crippen MR) is 88.8 cm³/mol. The van der Waals surface area contributed by atoms with Gasteiger partial charge in [-0.3, -0.25) is 9.69 Å². The topological polar surface area (TPSA) is 42.4 Å². The van der Waals surface area contributed by atoms with Crippen molar-refractivity contribution < 1.29 is 9.53 Å². The van der Waals surface area contributed by atoms with Gasteiger partial charge >= 0.3 is 0 Å². The largest absolute Gasteiger partial charge is 0.483 e. The van der Waals surface area contributed by atoms with E-state index in [2.05, 4.69) is 4.98 Å². The van der Waals surface area contributed by atoms with Crippen LogP contribution in [0.25, 0.3) is 0 Å². The van der Waals surface area contributed by atoms with Crippen molar-refractivity contribution in [2.75, 3.05) is 18.6 Å². The lowest BCUT2D eigenvalue weighted by molar-refractivity contribution is -0.120. The van der Waals surface area contributed by atoms with Gasteiger partial charge in [-0.1, -0.05) is 18.2 Å². The normalized spacial score (nSPS) is 13.5. The van der Waals surface area contributed by atoms with E-state index in [1.807, 2.05) is 31.2 Å². The number of aromatic nitrogens is 1. The molecule has 0 aliphatic heterocycles. The van der Waals surface area contributed by atoms with Crippen molar-refractivity contribution in [2.45, 2.75) is 32.6 Å². The number of hydrogen-bond acceptors (Lipinski definition) is 4. The number of amides is 1. The third-order valence-electron chi connectivity index (χ3n) is 3.94. The van der Waals surface area contributed by atoms with Crippen molar-refractivity contribution >= 4 is 22.4 Å². The maximum Gasteiger partial charge on any atom is 0.266 e. The summed E-state index contributed by atoms with van der Waals surface area (Å²) in [7, 11) is 1.77. The van der Waals surface area contributed by atoms with Crippen LogP contribution in [-0.4, -0.2) is 24.5 Å². The van der Waals surface area contributed by atoms with Gasteiger partial charge in [0.1, 0.15) is 5.75 Å². The first-order valence-electron chi connectivity index (χ1n) is 7.58. The summed E-state index contributed by atoms with van der Waals surface area (Å²) in [6.45, 7) is 2.00. The highest BCUT2D eigenvalue weighted by Crippen LogP contribution is 2.31. The lowest BCUT2D eigenvalue weighted by Gasteiger charge is -2.15. The molecule has 0 spiro atoms. The average Bonchev–Trinajstić information content (AvgIpc) is 2.97.